The molecule has 2 nitrogen and oxygen atoms in total. The van der Waals surface area contributed by atoms with Gasteiger partial charge in [0, 0.05) is 37.8 Å². The Morgan fingerprint density at radius 3 is 2.33 bits per heavy atom. The summed E-state index contributed by atoms with van der Waals surface area (Å²) in [6.07, 6.45) is -2.34. The molecule has 0 spiro atoms. The van der Waals surface area contributed by atoms with Crippen molar-refractivity contribution in [3.8, 4) is 0 Å². The van der Waals surface area contributed by atoms with E-state index in [4.69, 9.17) is 0 Å². The van der Waals surface area contributed by atoms with Crippen LogP contribution in [0.4, 0.5) is 17.6 Å². The molecule has 0 aromatic heterocycles. The zero-order valence-electron chi connectivity index (χ0n) is 13.5. The fourth-order valence-electron chi connectivity index (χ4n) is 3.02. The highest BCUT2D eigenvalue weighted by Gasteiger charge is 2.38. The van der Waals surface area contributed by atoms with E-state index >= 15 is 0 Å². The van der Waals surface area contributed by atoms with Crippen molar-refractivity contribution in [2.45, 2.75) is 38.4 Å². The summed E-state index contributed by atoms with van der Waals surface area (Å²) in [6, 6.07) is 2.74. The van der Waals surface area contributed by atoms with Gasteiger partial charge in [-0.05, 0) is 18.6 Å². The molecule has 0 bridgehead atoms. The maximum Gasteiger partial charge on any atom is 0.416 e. The van der Waals surface area contributed by atoms with Gasteiger partial charge in [-0.15, -0.1) is 24.8 Å². The number of piperazine rings is 1. The average Bonchev–Trinajstić information content (AvgIpc) is 2.49. The summed E-state index contributed by atoms with van der Waals surface area (Å²) in [4.78, 5) is 1.97. The number of nitrogens with one attached hydrogen (secondary N) is 1. The summed E-state index contributed by atoms with van der Waals surface area (Å²) in [5.74, 6) is -0.755. The first-order valence-corrected chi connectivity index (χ1v) is 7.75. The topological polar surface area (TPSA) is 15.3 Å². The molecule has 8 heteroatoms. The molecule has 1 aromatic rings. The molecule has 1 atom stereocenters. The second-order valence-corrected chi connectivity index (χ2v) is 5.64. The van der Waals surface area contributed by atoms with Crippen molar-refractivity contribution in [2.24, 2.45) is 0 Å². The zero-order valence-corrected chi connectivity index (χ0v) is 15.2. The van der Waals surface area contributed by atoms with Gasteiger partial charge in [0.05, 0.1) is 5.56 Å². The zero-order chi connectivity index (χ0) is 16.2. The highest BCUT2D eigenvalue weighted by atomic mass is 35.5. The second-order valence-electron chi connectivity index (χ2n) is 5.64. The van der Waals surface area contributed by atoms with Gasteiger partial charge in [0.2, 0.25) is 0 Å². The van der Waals surface area contributed by atoms with Crippen molar-refractivity contribution in [1.82, 2.24) is 10.2 Å². The van der Waals surface area contributed by atoms with Crippen LogP contribution in [-0.2, 0) is 6.18 Å². The van der Waals surface area contributed by atoms with E-state index in [2.05, 4.69) is 5.32 Å². The Labute approximate surface area is 152 Å². The van der Waals surface area contributed by atoms with Crippen molar-refractivity contribution in [1.29, 1.82) is 0 Å². The van der Waals surface area contributed by atoms with Crippen molar-refractivity contribution in [3.05, 3.63) is 35.1 Å². The fraction of sp³-hybridized carbons (Fsp3) is 0.625. The second kappa shape index (κ2) is 10.4. The third-order valence-electron chi connectivity index (χ3n) is 4.12. The summed E-state index contributed by atoms with van der Waals surface area (Å²) < 4.78 is 54.1. The third kappa shape index (κ3) is 5.76. The Morgan fingerprint density at radius 1 is 1.17 bits per heavy atom. The van der Waals surface area contributed by atoms with Crippen LogP contribution in [0.2, 0.25) is 0 Å². The Morgan fingerprint density at radius 2 is 1.79 bits per heavy atom. The van der Waals surface area contributed by atoms with E-state index in [0.717, 1.165) is 44.1 Å². The number of halogens is 6. The first kappa shape index (κ1) is 23.4. The molecule has 1 heterocycles. The highest BCUT2D eigenvalue weighted by Crippen LogP contribution is 2.39. The van der Waals surface area contributed by atoms with Gasteiger partial charge in [-0.2, -0.15) is 13.2 Å². The Kier molecular flexibility index (Phi) is 10.2. The average molecular weight is 391 g/mol. The molecule has 0 saturated carbocycles. The molecule has 2 rings (SSSR count). The molecule has 0 amide bonds. The third-order valence-corrected chi connectivity index (χ3v) is 4.12. The lowest BCUT2D eigenvalue weighted by atomic mass is 9.93. The SMILES string of the molecule is CCCC[C@H](c1c(F)cccc1C(F)(F)F)N1CCNCC1.Cl.Cl. The molecule has 1 saturated heterocycles. The molecule has 140 valence electrons. The molecule has 1 N–H and O–H groups in total. The van der Waals surface area contributed by atoms with E-state index in [0.29, 0.717) is 19.5 Å². The van der Waals surface area contributed by atoms with E-state index in [-0.39, 0.29) is 30.4 Å². The van der Waals surface area contributed by atoms with Gasteiger partial charge in [0.15, 0.2) is 0 Å². The number of hydrogen-bond acceptors (Lipinski definition) is 2. The molecule has 0 unspecified atom stereocenters. The van der Waals surface area contributed by atoms with Crippen molar-refractivity contribution in [2.75, 3.05) is 26.2 Å². The van der Waals surface area contributed by atoms with Crippen molar-refractivity contribution >= 4 is 24.8 Å². The number of unbranched alkanes of at least 4 members (excludes halogenated alkanes) is 1. The van der Waals surface area contributed by atoms with Crippen LogP contribution in [0.1, 0.15) is 43.4 Å². The Hall–Kier alpha value is -0.560. The number of rotatable bonds is 5. The predicted octanol–water partition coefficient (Wildman–Crippen LogP) is 4.82. The minimum absolute atomic E-state index is 0. The number of alkyl halides is 3. The highest BCUT2D eigenvalue weighted by molar-refractivity contribution is 5.85. The minimum Gasteiger partial charge on any atom is -0.314 e. The molecular formula is C16H24Cl2F4N2. The fourth-order valence-corrected chi connectivity index (χ4v) is 3.02. The standard InChI is InChI=1S/C16H22F4N2.2ClH/c1-2-3-7-14(22-10-8-21-9-11-22)15-12(16(18,19)20)5-4-6-13(15)17;;/h4-6,14,21H,2-3,7-11H2,1H3;2*1H/t14-;;/m1../s1. The number of hydrogen-bond donors (Lipinski definition) is 1. The summed E-state index contributed by atoms with van der Waals surface area (Å²) in [5.41, 5.74) is -1.03. The van der Waals surface area contributed by atoms with Crippen LogP contribution in [-0.4, -0.2) is 31.1 Å². The van der Waals surface area contributed by atoms with Crippen molar-refractivity contribution in [3.63, 3.8) is 0 Å². The van der Waals surface area contributed by atoms with E-state index in [9.17, 15) is 17.6 Å². The Balaban J connectivity index is 0.00000264. The van der Waals surface area contributed by atoms with E-state index in [1.807, 2.05) is 11.8 Å². The lowest BCUT2D eigenvalue weighted by Gasteiger charge is -2.36. The predicted molar refractivity (Wildman–Crippen MR) is 92.6 cm³/mol. The van der Waals surface area contributed by atoms with Crippen LogP contribution in [0.15, 0.2) is 18.2 Å². The lowest BCUT2D eigenvalue weighted by molar-refractivity contribution is -0.139. The molecule has 24 heavy (non-hydrogen) atoms. The maximum atomic E-state index is 14.3. The van der Waals surface area contributed by atoms with Gasteiger partial charge >= 0.3 is 6.18 Å². The van der Waals surface area contributed by atoms with Crippen LogP contribution in [0.5, 0.6) is 0 Å². The molecule has 1 aliphatic heterocycles. The van der Waals surface area contributed by atoms with Gasteiger partial charge in [-0.3, -0.25) is 4.90 Å². The van der Waals surface area contributed by atoms with E-state index in [1.165, 1.54) is 0 Å². The lowest BCUT2D eigenvalue weighted by Crippen LogP contribution is -2.45. The summed E-state index contributed by atoms with van der Waals surface area (Å²) in [7, 11) is 0. The van der Waals surface area contributed by atoms with E-state index < -0.39 is 23.6 Å². The van der Waals surface area contributed by atoms with Crippen LogP contribution < -0.4 is 5.32 Å². The molecule has 0 radical (unpaired) electrons. The van der Waals surface area contributed by atoms with Gasteiger partial charge in [-0.1, -0.05) is 25.8 Å². The van der Waals surface area contributed by atoms with E-state index in [1.54, 1.807) is 0 Å². The number of nitrogens with zero attached hydrogens (tertiary/aromatic N) is 1. The van der Waals surface area contributed by atoms with Crippen LogP contribution in [0, 0.1) is 5.82 Å². The quantitative estimate of drug-likeness (QED) is 0.724. The molecule has 1 fully saturated rings. The maximum absolute atomic E-state index is 14.3. The molecule has 1 aromatic carbocycles. The van der Waals surface area contributed by atoms with Crippen LogP contribution in [0.3, 0.4) is 0 Å². The summed E-state index contributed by atoms with van der Waals surface area (Å²) in [6.45, 7) is 4.71. The summed E-state index contributed by atoms with van der Waals surface area (Å²) >= 11 is 0. The molecule has 0 aliphatic carbocycles. The van der Waals surface area contributed by atoms with Gasteiger partial charge in [-0.25, -0.2) is 4.39 Å². The Bertz CT molecular complexity index is 491. The van der Waals surface area contributed by atoms with Gasteiger partial charge in [0.25, 0.3) is 0 Å². The largest absolute Gasteiger partial charge is 0.416 e. The van der Waals surface area contributed by atoms with Crippen molar-refractivity contribution < 1.29 is 17.6 Å². The monoisotopic (exact) mass is 390 g/mol. The molecular weight excluding hydrogens is 367 g/mol. The van der Waals surface area contributed by atoms with Gasteiger partial charge < -0.3 is 5.32 Å². The molecule has 1 aliphatic rings. The minimum atomic E-state index is -4.53. The van der Waals surface area contributed by atoms with Crippen LogP contribution in [0.25, 0.3) is 0 Å². The van der Waals surface area contributed by atoms with Gasteiger partial charge in [0.1, 0.15) is 5.82 Å². The number of benzene rings is 1. The first-order chi connectivity index (χ1) is 10.4. The normalized spacial score (nSPS) is 16.9. The van der Waals surface area contributed by atoms with Crippen LogP contribution >= 0.6 is 24.8 Å². The first-order valence-electron chi connectivity index (χ1n) is 7.75. The smallest absolute Gasteiger partial charge is 0.314 e. The summed E-state index contributed by atoms with van der Waals surface area (Å²) in [5, 5.41) is 3.18.